The number of aliphatic hydroxyl groups is 1. The molecule has 0 aliphatic rings. The molecule has 0 radical (unpaired) electrons. The summed E-state index contributed by atoms with van der Waals surface area (Å²) in [5, 5.41) is 9.60. The minimum absolute atomic E-state index is 0.0153. The lowest BCUT2D eigenvalue weighted by atomic mass is 10.2. The van der Waals surface area contributed by atoms with Gasteiger partial charge in [-0.1, -0.05) is 12.1 Å². The normalized spacial score (nSPS) is 14.0. The van der Waals surface area contributed by atoms with Gasteiger partial charge in [0.05, 0.1) is 23.3 Å². The zero-order valence-corrected chi connectivity index (χ0v) is 12.3. The van der Waals surface area contributed by atoms with Crippen LogP contribution in [0.3, 0.4) is 0 Å². The lowest BCUT2D eigenvalue weighted by molar-refractivity contribution is -0.0435. The first kappa shape index (κ1) is 17.7. The number of benzene rings is 1. The maximum absolute atomic E-state index is 12.7. The Morgan fingerprint density at radius 3 is 2.43 bits per heavy atom. The minimum atomic E-state index is -5.45. The zero-order valence-electron chi connectivity index (χ0n) is 11.5. The van der Waals surface area contributed by atoms with E-state index in [4.69, 9.17) is 4.74 Å². The number of para-hydroxylation sites is 1. The van der Waals surface area contributed by atoms with E-state index in [0.717, 1.165) is 6.07 Å². The summed E-state index contributed by atoms with van der Waals surface area (Å²) in [6.07, 6.45) is -0.957. The molecular formula is C12H16F3NO4S. The van der Waals surface area contributed by atoms with Gasteiger partial charge < -0.3 is 14.7 Å². The van der Waals surface area contributed by atoms with Gasteiger partial charge in [-0.3, -0.25) is 0 Å². The van der Waals surface area contributed by atoms with E-state index < -0.39 is 26.3 Å². The Hall–Kier alpha value is -1.32. The van der Waals surface area contributed by atoms with E-state index in [1.807, 2.05) is 0 Å². The van der Waals surface area contributed by atoms with Crippen molar-refractivity contribution in [3.63, 3.8) is 0 Å². The van der Waals surface area contributed by atoms with Crippen LogP contribution in [-0.4, -0.2) is 52.4 Å². The molecule has 0 aliphatic carbocycles. The van der Waals surface area contributed by atoms with Crippen LogP contribution in [0.2, 0.25) is 0 Å². The summed E-state index contributed by atoms with van der Waals surface area (Å²) in [6, 6.07) is 4.76. The van der Waals surface area contributed by atoms with Gasteiger partial charge in [-0.25, -0.2) is 8.42 Å². The Kier molecular flexibility index (Phi) is 5.60. The predicted octanol–water partition coefficient (Wildman–Crippen LogP) is 1.42. The Bertz CT molecular complexity index is 574. The second-order valence-electron chi connectivity index (χ2n) is 4.41. The predicted molar refractivity (Wildman–Crippen MR) is 70.8 cm³/mol. The van der Waals surface area contributed by atoms with Gasteiger partial charge in [0, 0.05) is 20.7 Å². The Balaban J connectivity index is 3.17. The van der Waals surface area contributed by atoms with Crippen LogP contribution in [0.5, 0.6) is 0 Å². The van der Waals surface area contributed by atoms with Gasteiger partial charge in [0.15, 0.2) is 0 Å². The maximum Gasteiger partial charge on any atom is 0.501 e. The number of sulfone groups is 1. The largest absolute Gasteiger partial charge is 0.501 e. The summed E-state index contributed by atoms with van der Waals surface area (Å²) in [4.78, 5) is 0.395. The number of hydrogen-bond donors (Lipinski definition) is 1. The first-order valence-electron chi connectivity index (χ1n) is 5.89. The van der Waals surface area contributed by atoms with E-state index in [1.165, 1.54) is 37.3 Å². The smallest absolute Gasteiger partial charge is 0.389 e. The molecule has 0 bridgehead atoms. The van der Waals surface area contributed by atoms with Crippen molar-refractivity contribution in [2.75, 3.05) is 32.2 Å². The van der Waals surface area contributed by atoms with Gasteiger partial charge in [0.25, 0.3) is 9.84 Å². The fraction of sp³-hybridized carbons (Fsp3) is 0.500. The topological polar surface area (TPSA) is 66.8 Å². The molecule has 0 heterocycles. The summed E-state index contributed by atoms with van der Waals surface area (Å²) < 4.78 is 65.8. The first-order chi connectivity index (χ1) is 9.61. The zero-order chi connectivity index (χ0) is 16.3. The van der Waals surface area contributed by atoms with E-state index in [0.29, 0.717) is 0 Å². The quantitative estimate of drug-likeness (QED) is 0.856. The van der Waals surface area contributed by atoms with Crippen LogP contribution in [-0.2, 0) is 14.6 Å². The van der Waals surface area contributed by atoms with E-state index in [2.05, 4.69) is 0 Å². The summed E-state index contributed by atoms with van der Waals surface area (Å²) >= 11 is 0. The van der Waals surface area contributed by atoms with E-state index in [-0.39, 0.29) is 18.8 Å². The second-order valence-corrected chi connectivity index (χ2v) is 6.32. The monoisotopic (exact) mass is 327 g/mol. The molecular weight excluding hydrogens is 311 g/mol. The maximum atomic E-state index is 12.7. The first-order valence-corrected chi connectivity index (χ1v) is 7.38. The van der Waals surface area contributed by atoms with E-state index in [9.17, 15) is 26.7 Å². The molecule has 0 fully saturated rings. The molecule has 1 rings (SSSR count). The number of likely N-dealkylation sites (N-methyl/N-ethyl adjacent to an activating group) is 1. The van der Waals surface area contributed by atoms with Crippen molar-refractivity contribution in [1.82, 2.24) is 0 Å². The molecule has 1 N–H and O–H groups in total. The number of rotatable bonds is 6. The van der Waals surface area contributed by atoms with Crippen LogP contribution in [0.1, 0.15) is 0 Å². The van der Waals surface area contributed by atoms with Gasteiger partial charge in [0.1, 0.15) is 0 Å². The van der Waals surface area contributed by atoms with Gasteiger partial charge >= 0.3 is 5.51 Å². The number of ether oxygens (including phenoxy) is 1. The molecule has 0 aliphatic heterocycles. The van der Waals surface area contributed by atoms with Gasteiger partial charge in [0.2, 0.25) is 0 Å². The minimum Gasteiger partial charge on any atom is -0.389 e. The average molecular weight is 327 g/mol. The van der Waals surface area contributed by atoms with Crippen molar-refractivity contribution in [3.8, 4) is 0 Å². The van der Waals surface area contributed by atoms with Gasteiger partial charge in [-0.15, -0.1) is 0 Å². The third kappa shape index (κ3) is 4.08. The van der Waals surface area contributed by atoms with Crippen molar-refractivity contribution in [3.05, 3.63) is 24.3 Å². The summed E-state index contributed by atoms with van der Waals surface area (Å²) in [6.45, 7) is -0.0865. The Morgan fingerprint density at radius 1 is 1.33 bits per heavy atom. The molecule has 0 spiro atoms. The molecule has 0 saturated heterocycles. The number of anilines is 1. The molecule has 0 amide bonds. The van der Waals surface area contributed by atoms with E-state index in [1.54, 1.807) is 0 Å². The van der Waals surface area contributed by atoms with Crippen LogP contribution < -0.4 is 4.90 Å². The molecule has 1 unspecified atom stereocenters. The van der Waals surface area contributed by atoms with Crippen molar-refractivity contribution in [1.29, 1.82) is 0 Å². The number of nitrogens with zero attached hydrogens (tertiary/aromatic N) is 1. The lowest BCUT2D eigenvalue weighted by Gasteiger charge is -2.25. The van der Waals surface area contributed by atoms with Crippen molar-refractivity contribution in [2.45, 2.75) is 16.5 Å². The van der Waals surface area contributed by atoms with Crippen molar-refractivity contribution < 1.29 is 31.4 Å². The Labute approximate surface area is 120 Å². The average Bonchev–Trinajstić information content (AvgIpc) is 2.37. The number of hydrogen-bond acceptors (Lipinski definition) is 5. The van der Waals surface area contributed by atoms with Crippen LogP contribution in [0.4, 0.5) is 18.9 Å². The Morgan fingerprint density at radius 2 is 1.90 bits per heavy atom. The van der Waals surface area contributed by atoms with Crippen LogP contribution in [0, 0.1) is 0 Å². The van der Waals surface area contributed by atoms with Crippen LogP contribution >= 0.6 is 0 Å². The fourth-order valence-corrected chi connectivity index (χ4v) is 2.79. The molecule has 0 saturated carbocycles. The number of methoxy groups -OCH3 is 1. The molecule has 21 heavy (non-hydrogen) atoms. The van der Waals surface area contributed by atoms with Crippen molar-refractivity contribution >= 4 is 15.5 Å². The molecule has 9 heteroatoms. The van der Waals surface area contributed by atoms with Crippen molar-refractivity contribution in [2.24, 2.45) is 0 Å². The fourth-order valence-electron chi connectivity index (χ4n) is 1.78. The highest BCUT2D eigenvalue weighted by Crippen LogP contribution is 2.35. The standard InChI is InChI=1S/C12H16F3NO4S/c1-16(7-9(17)8-20-2)10-5-3-4-6-11(10)21(18,19)12(13,14)15/h3-6,9,17H,7-8H2,1-2H3. The van der Waals surface area contributed by atoms with Crippen LogP contribution in [0.25, 0.3) is 0 Å². The lowest BCUT2D eigenvalue weighted by Crippen LogP contribution is -2.33. The third-order valence-corrected chi connectivity index (χ3v) is 4.25. The summed E-state index contributed by atoms with van der Waals surface area (Å²) in [5.41, 5.74) is -5.51. The van der Waals surface area contributed by atoms with E-state index >= 15 is 0 Å². The highest BCUT2D eigenvalue weighted by atomic mass is 32.2. The molecule has 1 aromatic carbocycles. The molecule has 0 aromatic heterocycles. The second kappa shape index (κ2) is 6.63. The van der Waals surface area contributed by atoms with Gasteiger partial charge in [-0.2, -0.15) is 13.2 Å². The third-order valence-electron chi connectivity index (χ3n) is 2.71. The highest BCUT2D eigenvalue weighted by Gasteiger charge is 2.48. The van der Waals surface area contributed by atoms with Crippen LogP contribution in [0.15, 0.2) is 29.2 Å². The summed E-state index contributed by atoms with van der Waals surface area (Å²) in [5.74, 6) is 0. The molecule has 120 valence electrons. The number of aliphatic hydroxyl groups excluding tert-OH is 1. The molecule has 1 aromatic rings. The summed E-state index contributed by atoms with van der Waals surface area (Å²) in [7, 11) is -2.70. The van der Waals surface area contributed by atoms with Gasteiger partial charge in [-0.05, 0) is 12.1 Å². The SMILES string of the molecule is COCC(O)CN(C)c1ccccc1S(=O)(=O)C(F)(F)F. The highest BCUT2D eigenvalue weighted by molar-refractivity contribution is 7.92. The molecule has 1 atom stereocenters. The number of alkyl halides is 3. The number of halogens is 3. The molecule has 5 nitrogen and oxygen atoms in total.